The highest BCUT2D eigenvalue weighted by molar-refractivity contribution is 6.22. The number of carbonyl (C=O) groups is 2. The summed E-state index contributed by atoms with van der Waals surface area (Å²) in [7, 11) is 0. The molecule has 2 aliphatic rings. The largest absolute Gasteiger partial charge is 0.369 e. The number of aryl methyl sites for hydroxylation is 1. The quantitative estimate of drug-likeness (QED) is 0.784. The lowest BCUT2D eigenvalue weighted by Crippen LogP contribution is -2.52. The molecule has 2 saturated heterocycles. The molecule has 0 bridgehead atoms. The molecular weight excluding hydrogens is 338 g/mol. The maximum atomic E-state index is 13.0. The molecule has 0 spiro atoms. The van der Waals surface area contributed by atoms with E-state index >= 15 is 0 Å². The molecule has 1 atom stereocenters. The van der Waals surface area contributed by atoms with Crippen molar-refractivity contribution in [2.24, 2.45) is 0 Å². The second-order valence-electron chi connectivity index (χ2n) is 7.17. The van der Waals surface area contributed by atoms with E-state index in [1.807, 2.05) is 42.5 Å². The Labute approximate surface area is 160 Å². The highest BCUT2D eigenvalue weighted by Gasteiger charge is 2.43. The van der Waals surface area contributed by atoms with Gasteiger partial charge >= 0.3 is 0 Å². The summed E-state index contributed by atoms with van der Waals surface area (Å²) < 4.78 is 0. The van der Waals surface area contributed by atoms with Gasteiger partial charge in [-0.1, -0.05) is 37.3 Å². The lowest BCUT2D eigenvalue weighted by Gasteiger charge is -2.38. The standard InChI is InChI=1S/C22H25N3O2/c1-2-17-8-10-19(11-9-17)25-21(26)16-20(22(25)27)24-14-12-23(13-15-24)18-6-4-3-5-7-18/h3-11,20H,2,12-16H2,1H3/t20-/m0/s1. The number of hydrogen-bond acceptors (Lipinski definition) is 4. The molecule has 2 aliphatic heterocycles. The summed E-state index contributed by atoms with van der Waals surface area (Å²) in [5.41, 5.74) is 3.10. The highest BCUT2D eigenvalue weighted by atomic mass is 16.2. The zero-order valence-electron chi connectivity index (χ0n) is 15.7. The SMILES string of the molecule is CCc1ccc(N2C(=O)C[C@H](N3CCN(c4ccccc4)CC3)C2=O)cc1. The van der Waals surface area contributed by atoms with Crippen LogP contribution in [0.5, 0.6) is 0 Å². The summed E-state index contributed by atoms with van der Waals surface area (Å²) in [6, 6.07) is 17.7. The molecule has 0 aromatic heterocycles. The van der Waals surface area contributed by atoms with Gasteiger partial charge < -0.3 is 4.90 Å². The van der Waals surface area contributed by atoms with Crippen molar-refractivity contribution in [3.8, 4) is 0 Å². The van der Waals surface area contributed by atoms with Crippen molar-refractivity contribution in [2.75, 3.05) is 36.0 Å². The molecule has 2 heterocycles. The highest BCUT2D eigenvalue weighted by Crippen LogP contribution is 2.27. The molecular formula is C22H25N3O2. The van der Waals surface area contributed by atoms with Gasteiger partial charge in [0.15, 0.2) is 0 Å². The van der Waals surface area contributed by atoms with Crippen LogP contribution in [-0.4, -0.2) is 48.9 Å². The first-order chi connectivity index (χ1) is 13.2. The summed E-state index contributed by atoms with van der Waals surface area (Å²) in [5, 5.41) is 0. The van der Waals surface area contributed by atoms with Gasteiger partial charge in [-0.15, -0.1) is 0 Å². The van der Waals surface area contributed by atoms with Crippen molar-refractivity contribution in [1.82, 2.24) is 4.90 Å². The Kier molecular flexibility index (Phi) is 4.94. The summed E-state index contributed by atoms with van der Waals surface area (Å²) in [6.45, 7) is 5.41. The Hall–Kier alpha value is -2.66. The number of para-hydroxylation sites is 1. The topological polar surface area (TPSA) is 43.9 Å². The van der Waals surface area contributed by atoms with Gasteiger partial charge in [0.25, 0.3) is 5.91 Å². The summed E-state index contributed by atoms with van der Waals surface area (Å²) in [6.07, 6.45) is 1.22. The molecule has 5 nitrogen and oxygen atoms in total. The van der Waals surface area contributed by atoms with E-state index in [1.165, 1.54) is 16.2 Å². The number of benzene rings is 2. The first-order valence-electron chi connectivity index (χ1n) is 9.67. The van der Waals surface area contributed by atoms with E-state index in [4.69, 9.17) is 0 Å². The molecule has 27 heavy (non-hydrogen) atoms. The zero-order valence-corrected chi connectivity index (χ0v) is 15.7. The zero-order chi connectivity index (χ0) is 18.8. The van der Waals surface area contributed by atoms with E-state index in [0.29, 0.717) is 5.69 Å². The average Bonchev–Trinajstić information content (AvgIpc) is 3.03. The van der Waals surface area contributed by atoms with Crippen molar-refractivity contribution in [1.29, 1.82) is 0 Å². The Morgan fingerprint density at radius 3 is 2.15 bits per heavy atom. The van der Waals surface area contributed by atoms with Crippen molar-refractivity contribution < 1.29 is 9.59 Å². The molecule has 0 radical (unpaired) electrons. The Morgan fingerprint density at radius 1 is 0.852 bits per heavy atom. The molecule has 2 aromatic carbocycles. The minimum Gasteiger partial charge on any atom is -0.369 e. The van der Waals surface area contributed by atoms with Crippen LogP contribution in [0.4, 0.5) is 11.4 Å². The minimum absolute atomic E-state index is 0.0857. The molecule has 0 saturated carbocycles. The van der Waals surface area contributed by atoms with Crippen LogP contribution in [0.15, 0.2) is 54.6 Å². The summed E-state index contributed by atoms with van der Waals surface area (Å²) in [4.78, 5) is 31.4. The normalized spacial score (nSPS) is 21.1. The van der Waals surface area contributed by atoms with Crippen LogP contribution in [0.3, 0.4) is 0 Å². The first kappa shape index (κ1) is 17.7. The fourth-order valence-electron chi connectivity index (χ4n) is 3.98. The number of anilines is 2. The third-order valence-corrected chi connectivity index (χ3v) is 5.60. The number of carbonyl (C=O) groups excluding carboxylic acids is 2. The number of hydrogen-bond donors (Lipinski definition) is 0. The fraction of sp³-hybridized carbons (Fsp3) is 0.364. The van der Waals surface area contributed by atoms with Crippen LogP contribution < -0.4 is 9.80 Å². The second kappa shape index (κ2) is 7.53. The van der Waals surface area contributed by atoms with Crippen molar-refractivity contribution in [2.45, 2.75) is 25.8 Å². The van der Waals surface area contributed by atoms with E-state index in [2.05, 4.69) is 28.9 Å². The van der Waals surface area contributed by atoms with Gasteiger partial charge in [-0.05, 0) is 36.2 Å². The van der Waals surface area contributed by atoms with Gasteiger partial charge in [0.2, 0.25) is 5.91 Å². The average molecular weight is 363 g/mol. The number of rotatable bonds is 4. The number of imide groups is 1. The third-order valence-electron chi connectivity index (χ3n) is 5.60. The van der Waals surface area contributed by atoms with Gasteiger partial charge in [-0.3, -0.25) is 14.5 Å². The number of amides is 2. The summed E-state index contributed by atoms with van der Waals surface area (Å²) >= 11 is 0. The molecule has 5 heteroatoms. The van der Waals surface area contributed by atoms with E-state index in [-0.39, 0.29) is 24.3 Å². The van der Waals surface area contributed by atoms with Crippen LogP contribution in [-0.2, 0) is 16.0 Å². The lowest BCUT2D eigenvalue weighted by molar-refractivity contribution is -0.123. The van der Waals surface area contributed by atoms with Crippen LogP contribution >= 0.6 is 0 Å². The predicted octanol–water partition coefficient (Wildman–Crippen LogP) is 2.70. The number of nitrogens with zero attached hydrogens (tertiary/aromatic N) is 3. The van der Waals surface area contributed by atoms with E-state index in [9.17, 15) is 9.59 Å². The Balaban J connectivity index is 1.43. The molecule has 2 aromatic rings. The van der Waals surface area contributed by atoms with Crippen LogP contribution in [0.25, 0.3) is 0 Å². The van der Waals surface area contributed by atoms with Crippen molar-refractivity contribution in [3.63, 3.8) is 0 Å². The monoisotopic (exact) mass is 363 g/mol. The molecule has 2 fully saturated rings. The van der Waals surface area contributed by atoms with Gasteiger partial charge in [0.1, 0.15) is 0 Å². The molecule has 140 valence electrons. The Bertz CT molecular complexity index is 811. The molecule has 0 unspecified atom stereocenters. The van der Waals surface area contributed by atoms with E-state index in [1.54, 1.807) is 0 Å². The van der Waals surface area contributed by atoms with Crippen LogP contribution in [0.1, 0.15) is 18.9 Å². The lowest BCUT2D eigenvalue weighted by atomic mass is 10.1. The molecule has 4 rings (SSSR count). The van der Waals surface area contributed by atoms with E-state index in [0.717, 1.165) is 32.6 Å². The number of piperazine rings is 1. The maximum absolute atomic E-state index is 13.0. The third kappa shape index (κ3) is 3.47. The first-order valence-corrected chi connectivity index (χ1v) is 9.67. The van der Waals surface area contributed by atoms with Crippen LogP contribution in [0.2, 0.25) is 0 Å². The molecule has 2 amide bonds. The predicted molar refractivity (Wildman–Crippen MR) is 107 cm³/mol. The minimum atomic E-state index is -0.332. The maximum Gasteiger partial charge on any atom is 0.251 e. The molecule has 0 N–H and O–H groups in total. The smallest absolute Gasteiger partial charge is 0.251 e. The van der Waals surface area contributed by atoms with Gasteiger partial charge in [0.05, 0.1) is 18.2 Å². The van der Waals surface area contributed by atoms with Gasteiger partial charge in [0, 0.05) is 31.9 Å². The second-order valence-corrected chi connectivity index (χ2v) is 7.17. The van der Waals surface area contributed by atoms with Crippen molar-refractivity contribution in [3.05, 3.63) is 60.2 Å². The van der Waals surface area contributed by atoms with Gasteiger partial charge in [-0.25, -0.2) is 4.90 Å². The molecule has 0 aliphatic carbocycles. The van der Waals surface area contributed by atoms with Crippen molar-refractivity contribution >= 4 is 23.2 Å². The fourth-order valence-corrected chi connectivity index (χ4v) is 3.98. The summed E-state index contributed by atoms with van der Waals surface area (Å²) in [5.74, 6) is -0.183. The van der Waals surface area contributed by atoms with Gasteiger partial charge in [-0.2, -0.15) is 0 Å². The van der Waals surface area contributed by atoms with E-state index < -0.39 is 0 Å². The Morgan fingerprint density at radius 2 is 1.52 bits per heavy atom. The van der Waals surface area contributed by atoms with Crippen LogP contribution in [0, 0.1) is 0 Å².